The molecule has 0 fully saturated rings. The van der Waals surface area contributed by atoms with Crippen LogP contribution in [0.4, 0.5) is 5.69 Å². The van der Waals surface area contributed by atoms with E-state index in [0.29, 0.717) is 17.5 Å². The Morgan fingerprint density at radius 3 is 2.68 bits per heavy atom. The average molecular weight is 477 g/mol. The number of carbonyl (C=O) groups excluding carboxylic acids is 1. The van der Waals surface area contributed by atoms with Gasteiger partial charge in [0.05, 0.1) is 18.4 Å². The maximum absolute atomic E-state index is 12.5. The SMILES string of the molecule is CCn1c(SCC(=O)Nc2ccc(C)c(C)c2)nnc1-c1cn(C)nc1-c1cccc(OC)c1. The molecule has 0 aliphatic rings. The Kier molecular flexibility index (Phi) is 7.02. The molecule has 0 spiro atoms. The van der Waals surface area contributed by atoms with Gasteiger partial charge in [0.1, 0.15) is 11.4 Å². The van der Waals surface area contributed by atoms with Crippen molar-refractivity contribution in [3.8, 4) is 28.4 Å². The molecule has 0 atom stereocenters. The second-order valence-corrected chi connectivity index (χ2v) is 8.93. The summed E-state index contributed by atoms with van der Waals surface area (Å²) in [7, 11) is 3.53. The molecule has 0 radical (unpaired) electrons. The molecular formula is C25H28N6O2S. The quantitative estimate of drug-likeness (QED) is 0.370. The third kappa shape index (κ3) is 4.99. The molecule has 0 saturated heterocycles. The van der Waals surface area contributed by atoms with Crippen molar-refractivity contribution < 1.29 is 9.53 Å². The molecule has 1 N–H and O–H groups in total. The predicted octanol–water partition coefficient (Wildman–Crippen LogP) is 4.72. The Morgan fingerprint density at radius 1 is 1.12 bits per heavy atom. The maximum atomic E-state index is 12.5. The normalized spacial score (nSPS) is 11.0. The molecule has 176 valence electrons. The molecule has 0 aliphatic heterocycles. The number of carbonyl (C=O) groups is 1. The van der Waals surface area contributed by atoms with E-state index in [1.165, 1.54) is 17.3 Å². The van der Waals surface area contributed by atoms with Gasteiger partial charge in [-0.1, -0.05) is 30.0 Å². The van der Waals surface area contributed by atoms with Crippen LogP contribution in [0.25, 0.3) is 22.6 Å². The highest BCUT2D eigenvalue weighted by Crippen LogP contribution is 2.33. The molecule has 8 nitrogen and oxygen atoms in total. The molecule has 2 aromatic carbocycles. The Hall–Kier alpha value is -3.59. The van der Waals surface area contributed by atoms with E-state index in [4.69, 9.17) is 4.74 Å². The lowest BCUT2D eigenvalue weighted by molar-refractivity contribution is -0.113. The molecule has 2 aromatic heterocycles. The van der Waals surface area contributed by atoms with Crippen molar-refractivity contribution in [1.29, 1.82) is 0 Å². The first-order valence-electron chi connectivity index (χ1n) is 11.0. The second-order valence-electron chi connectivity index (χ2n) is 7.98. The molecule has 9 heteroatoms. The molecule has 4 rings (SSSR count). The van der Waals surface area contributed by atoms with Crippen LogP contribution in [0.3, 0.4) is 0 Å². The number of thioether (sulfide) groups is 1. The van der Waals surface area contributed by atoms with Gasteiger partial charge in [0, 0.05) is 31.0 Å². The topological polar surface area (TPSA) is 86.9 Å². The highest BCUT2D eigenvalue weighted by molar-refractivity contribution is 7.99. The lowest BCUT2D eigenvalue weighted by Gasteiger charge is -2.09. The fourth-order valence-electron chi connectivity index (χ4n) is 3.66. The minimum atomic E-state index is -0.0843. The number of nitrogens with zero attached hydrogens (tertiary/aromatic N) is 5. The van der Waals surface area contributed by atoms with E-state index in [1.54, 1.807) is 11.8 Å². The maximum Gasteiger partial charge on any atom is 0.234 e. The number of benzene rings is 2. The van der Waals surface area contributed by atoms with E-state index < -0.39 is 0 Å². The number of nitrogens with one attached hydrogen (secondary N) is 1. The Bertz CT molecular complexity index is 1330. The number of aromatic nitrogens is 5. The van der Waals surface area contributed by atoms with Crippen LogP contribution in [0.2, 0.25) is 0 Å². The number of hydrogen-bond donors (Lipinski definition) is 1. The summed E-state index contributed by atoms with van der Waals surface area (Å²) >= 11 is 1.37. The van der Waals surface area contributed by atoms with Gasteiger partial charge in [0.25, 0.3) is 0 Å². The van der Waals surface area contributed by atoms with Crippen molar-refractivity contribution in [2.24, 2.45) is 7.05 Å². The summed E-state index contributed by atoms with van der Waals surface area (Å²) in [5.74, 6) is 1.63. The smallest absolute Gasteiger partial charge is 0.234 e. The summed E-state index contributed by atoms with van der Waals surface area (Å²) in [6.45, 7) is 6.78. The summed E-state index contributed by atoms with van der Waals surface area (Å²) in [5.41, 5.74) is 5.74. The molecular weight excluding hydrogens is 448 g/mol. The van der Waals surface area contributed by atoms with Crippen molar-refractivity contribution in [1.82, 2.24) is 24.5 Å². The summed E-state index contributed by atoms with van der Waals surface area (Å²) in [6.07, 6.45) is 1.94. The summed E-state index contributed by atoms with van der Waals surface area (Å²) in [6, 6.07) is 13.7. The van der Waals surface area contributed by atoms with Crippen LogP contribution in [0.5, 0.6) is 5.75 Å². The molecule has 0 unspecified atom stereocenters. The number of amides is 1. The highest BCUT2D eigenvalue weighted by Gasteiger charge is 2.21. The number of ether oxygens (including phenoxy) is 1. The van der Waals surface area contributed by atoms with E-state index in [-0.39, 0.29) is 11.7 Å². The number of methoxy groups -OCH3 is 1. The fraction of sp³-hybridized carbons (Fsp3) is 0.280. The van der Waals surface area contributed by atoms with Crippen molar-refractivity contribution in [3.05, 3.63) is 59.8 Å². The number of aryl methyl sites for hydroxylation is 3. The van der Waals surface area contributed by atoms with Gasteiger partial charge in [-0.15, -0.1) is 10.2 Å². The van der Waals surface area contributed by atoms with E-state index >= 15 is 0 Å². The first-order valence-corrected chi connectivity index (χ1v) is 12.0. The van der Waals surface area contributed by atoms with Crippen molar-refractivity contribution in [2.75, 3.05) is 18.2 Å². The van der Waals surface area contributed by atoms with E-state index in [0.717, 1.165) is 33.8 Å². The lowest BCUT2D eigenvalue weighted by Crippen LogP contribution is -2.14. The second kappa shape index (κ2) is 10.1. The van der Waals surface area contributed by atoms with E-state index in [2.05, 4.69) is 20.6 Å². The molecule has 4 aromatic rings. The minimum absolute atomic E-state index is 0.0843. The Morgan fingerprint density at radius 2 is 1.94 bits per heavy atom. The van der Waals surface area contributed by atoms with Gasteiger partial charge in [-0.3, -0.25) is 9.48 Å². The molecule has 0 bridgehead atoms. The van der Waals surface area contributed by atoms with Crippen LogP contribution in [-0.2, 0) is 18.4 Å². The summed E-state index contributed by atoms with van der Waals surface area (Å²) in [4.78, 5) is 12.5. The van der Waals surface area contributed by atoms with Crippen LogP contribution in [0.15, 0.2) is 53.8 Å². The van der Waals surface area contributed by atoms with Gasteiger partial charge in [0.15, 0.2) is 11.0 Å². The van der Waals surface area contributed by atoms with Crippen LogP contribution in [-0.4, -0.2) is 43.3 Å². The van der Waals surface area contributed by atoms with Crippen LogP contribution >= 0.6 is 11.8 Å². The first kappa shape index (κ1) is 23.6. The monoisotopic (exact) mass is 476 g/mol. The Labute approximate surface area is 203 Å². The minimum Gasteiger partial charge on any atom is -0.497 e. The largest absolute Gasteiger partial charge is 0.497 e. The van der Waals surface area contributed by atoms with Crippen LogP contribution in [0, 0.1) is 13.8 Å². The number of hydrogen-bond acceptors (Lipinski definition) is 6. The third-order valence-corrected chi connectivity index (χ3v) is 6.54. The van der Waals surface area contributed by atoms with Gasteiger partial charge < -0.3 is 14.6 Å². The summed E-state index contributed by atoms with van der Waals surface area (Å²) < 4.78 is 9.15. The fourth-order valence-corrected chi connectivity index (χ4v) is 4.46. The third-order valence-electron chi connectivity index (χ3n) is 5.57. The van der Waals surface area contributed by atoms with Gasteiger partial charge in [-0.25, -0.2) is 0 Å². The molecule has 2 heterocycles. The van der Waals surface area contributed by atoms with Gasteiger partial charge >= 0.3 is 0 Å². The average Bonchev–Trinajstić information content (AvgIpc) is 3.42. The van der Waals surface area contributed by atoms with Crippen molar-refractivity contribution in [3.63, 3.8) is 0 Å². The van der Waals surface area contributed by atoms with Gasteiger partial charge in [-0.2, -0.15) is 5.10 Å². The van der Waals surface area contributed by atoms with Gasteiger partial charge in [-0.05, 0) is 56.2 Å². The van der Waals surface area contributed by atoms with Crippen LogP contribution in [0.1, 0.15) is 18.1 Å². The highest BCUT2D eigenvalue weighted by atomic mass is 32.2. The van der Waals surface area contributed by atoms with E-state index in [1.807, 2.05) is 81.0 Å². The molecule has 0 saturated carbocycles. The van der Waals surface area contributed by atoms with E-state index in [9.17, 15) is 4.79 Å². The standard InChI is InChI=1S/C25H28N6O2S/c1-6-31-24(21-14-30(4)29-23(21)18-8-7-9-20(13-18)33-5)27-28-25(31)34-15-22(32)26-19-11-10-16(2)17(3)12-19/h7-14H,6,15H2,1-5H3,(H,26,32). The Balaban J connectivity index is 1.55. The zero-order valence-electron chi connectivity index (χ0n) is 20.0. The summed E-state index contributed by atoms with van der Waals surface area (Å²) in [5, 5.41) is 17.1. The molecule has 34 heavy (non-hydrogen) atoms. The van der Waals surface area contributed by atoms with Crippen molar-refractivity contribution >= 4 is 23.4 Å². The molecule has 1 amide bonds. The lowest BCUT2D eigenvalue weighted by atomic mass is 10.1. The van der Waals surface area contributed by atoms with Crippen molar-refractivity contribution in [2.45, 2.75) is 32.5 Å². The number of anilines is 1. The zero-order valence-corrected chi connectivity index (χ0v) is 20.8. The number of rotatable bonds is 8. The van der Waals surface area contributed by atoms with Crippen LogP contribution < -0.4 is 10.1 Å². The first-order chi connectivity index (χ1) is 16.4. The van der Waals surface area contributed by atoms with Gasteiger partial charge in [0.2, 0.25) is 5.91 Å². The predicted molar refractivity (Wildman–Crippen MR) is 135 cm³/mol. The molecule has 0 aliphatic carbocycles. The zero-order chi connectivity index (χ0) is 24.2.